The van der Waals surface area contributed by atoms with Crippen LogP contribution >= 0.6 is 11.3 Å². The number of hydrogen-bond acceptors (Lipinski definition) is 5. The summed E-state index contributed by atoms with van der Waals surface area (Å²) >= 11 is 1.90. The first-order chi connectivity index (χ1) is 13.6. The van der Waals surface area contributed by atoms with E-state index >= 15 is 0 Å². The first-order valence-corrected chi connectivity index (χ1v) is 11.0. The summed E-state index contributed by atoms with van der Waals surface area (Å²) in [5.41, 5.74) is 0.488. The van der Waals surface area contributed by atoms with E-state index in [2.05, 4.69) is 34.3 Å². The number of hydrogen-bond donors (Lipinski definition) is 1. The van der Waals surface area contributed by atoms with E-state index in [1.165, 1.54) is 9.75 Å². The molecule has 4 heterocycles. The van der Waals surface area contributed by atoms with Gasteiger partial charge in [0.25, 0.3) is 5.91 Å². The molecule has 5 nitrogen and oxygen atoms in total. The Kier molecular flexibility index (Phi) is 6.09. The van der Waals surface area contributed by atoms with Crippen molar-refractivity contribution in [1.82, 2.24) is 15.2 Å². The summed E-state index contributed by atoms with van der Waals surface area (Å²) in [5.74, 6) is 0.398. The molecule has 2 fully saturated rings. The number of carbonyl (C=O) groups excluding carboxylic acids is 1. The predicted octanol–water partition coefficient (Wildman–Crippen LogP) is 3.64. The van der Waals surface area contributed by atoms with Gasteiger partial charge in [-0.2, -0.15) is 0 Å². The maximum Gasteiger partial charge on any atom is 0.269 e. The second-order valence-corrected chi connectivity index (χ2v) is 9.48. The van der Waals surface area contributed by atoms with Gasteiger partial charge in [0.2, 0.25) is 0 Å². The molecule has 0 aromatic carbocycles. The summed E-state index contributed by atoms with van der Waals surface area (Å²) in [6, 6.07) is 9.88. The Morgan fingerprint density at radius 3 is 2.89 bits per heavy atom. The molecule has 0 bridgehead atoms. The van der Waals surface area contributed by atoms with Crippen molar-refractivity contribution in [3.63, 3.8) is 0 Å². The van der Waals surface area contributed by atoms with E-state index in [0.717, 1.165) is 51.9 Å². The number of aryl methyl sites for hydroxylation is 1. The second-order valence-electron chi connectivity index (χ2n) is 8.10. The molecule has 2 aromatic heterocycles. The quantitative estimate of drug-likeness (QED) is 0.834. The number of nitrogens with one attached hydrogen (secondary N) is 1. The molecular formula is C22H29N3O2S. The van der Waals surface area contributed by atoms with Crippen LogP contribution < -0.4 is 5.32 Å². The SMILES string of the molecule is Cc1ccc(CN2CCC3(CC2)CC(CNC(=O)c2ccccn2)CCO3)s1. The molecular weight excluding hydrogens is 370 g/mol. The van der Waals surface area contributed by atoms with Crippen LogP contribution in [0.4, 0.5) is 0 Å². The maximum atomic E-state index is 12.3. The van der Waals surface area contributed by atoms with E-state index in [0.29, 0.717) is 18.2 Å². The molecule has 0 saturated carbocycles. The molecule has 1 spiro atoms. The third-order valence-corrected chi connectivity index (χ3v) is 6.97. The molecule has 2 aromatic rings. The third-order valence-electron chi connectivity index (χ3n) is 5.99. The number of rotatable bonds is 5. The van der Waals surface area contributed by atoms with E-state index < -0.39 is 0 Å². The van der Waals surface area contributed by atoms with Crippen LogP contribution in [-0.4, -0.2) is 47.6 Å². The third kappa shape index (κ3) is 4.80. The Hall–Kier alpha value is -1.76. The Bertz CT molecular complexity index is 784. The highest BCUT2D eigenvalue weighted by Crippen LogP contribution is 2.38. The van der Waals surface area contributed by atoms with Crippen molar-refractivity contribution in [2.24, 2.45) is 5.92 Å². The average molecular weight is 400 g/mol. The number of thiophene rings is 1. The largest absolute Gasteiger partial charge is 0.375 e. The van der Waals surface area contributed by atoms with Crippen LogP contribution in [0, 0.1) is 12.8 Å². The van der Waals surface area contributed by atoms with Crippen molar-refractivity contribution in [1.29, 1.82) is 0 Å². The highest BCUT2D eigenvalue weighted by molar-refractivity contribution is 7.11. The van der Waals surface area contributed by atoms with Crippen molar-refractivity contribution in [3.05, 3.63) is 52.0 Å². The number of amides is 1. The average Bonchev–Trinajstić information content (AvgIpc) is 3.14. The molecule has 0 aliphatic carbocycles. The summed E-state index contributed by atoms with van der Waals surface area (Å²) < 4.78 is 6.28. The van der Waals surface area contributed by atoms with Crippen LogP contribution in [0.3, 0.4) is 0 Å². The molecule has 28 heavy (non-hydrogen) atoms. The number of carbonyl (C=O) groups is 1. The lowest BCUT2D eigenvalue weighted by molar-refractivity contribution is -0.127. The monoisotopic (exact) mass is 399 g/mol. The van der Waals surface area contributed by atoms with E-state index in [1.54, 1.807) is 12.3 Å². The fourth-order valence-electron chi connectivity index (χ4n) is 4.39. The number of ether oxygens (including phenoxy) is 1. The molecule has 1 N–H and O–H groups in total. The van der Waals surface area contributed by atoms with Crippen LogP contribution in [-0.2, 0) is 11.3 Å². The minimum Gasteiger partial charge on any atom is -0.375 e. The first-order valence-electron chi connectivity index (χ1n) is 10.2. The highest BCUT2D eigenvalue weighted by Gasteiger charge is 2.40. The summed E-state index contributed by atoms with van der Waals surface area (Å²) in [6.07, 6.45) is 5.89. The predicted molar refractivity (Wildman–Crippen MR) is 112 cm³/mol. The lowest BCUT2D eigenvalue weighted by Crippen LogP contribution is -2.50. The number of pyridine rings is 1. The van der Waals surface area contributed by atoms with Crippen LogP contribution in [0.2, 0.25) is 0 Å². The Balaban J connectivity index is 1.26. The molecule has 1 unspecified atom stereocenters. The lowest BCUT2D eigenvalue weighted by atomic mass is 9.79. The Morgan fingerprint density at radius 2 is 2.18 bits per heavy atom. The molecule has 2 aliphatic heterocycles. The van der Waals surface area contributed by atoms with Gasteiger partial charge >= 0.3 is 0 Å². The normalized spacial score (nSPS) is 22.2. The van der Waals surface area contributed by atoms with Gasteiger partial charge in [-0.05, 0) is 62.8 Å². The summed E-state index contributed by atoms with van der Waals surface area (Å²) in [6.45, 7) is 6.90. The van der Waals surface area contributed by atoms with E-state index in [-0.39, 0.29) is 11.5 Å². The molecule has 1 atom stereocenters. The van der Waals surface area contributed by atoms with Crippen LogP contribution in [0.25, 0.3) is 0 Å². The topological polar surface area (TPSA) is 54.5 Å². The second kappa shape index (κ2) is 8.72. The van der Waals surface area contributed by atoms with E-state index in [4.69, 9.17) is 4.74 Å². The molecule has 2 saturated heterocycles. The maximum absolute atomic E-state index is 12.3. The standard InChI is InChI=1S/C22H29N3O2S/c1-17-5-6-19(28-17)16-25-11-8-22(9-12-25)14-18(7-13-27-22)15-24-21(26)20-4-2-3-10-23-20/h2-6,10,18H,7-9,11-16H2,1H3,(H,24,26). The Labute approximate surface area is 171 Å². The van der Waals surface area contributed by atoms with Gasteiger partial charge in [0.05, 0.1) is 5.60 Å². The van der Waals surface area contributed by atoms with Crippen molar-refractivity contribution in [2.45, 2.75) is 44.8 Å². The minimum atomic E-state index is -0.0813. The molecule has 4 rings (SSSR count). The summed E-state index contributed by atoms with van der Waals surface area (Å²) in [5, 5.41) is 3.07. The lowest BCUT2D eigenvalue weighted by Gasteiger charge is -2.46. The van der Waals surface area contributed by atoms with Crippen molar-refractivity contribution in [3.8, 4) is 0 Å². The van der Waals surface area contributed by atoms with Gasteiger partial charge in [-0.1, -0.05) is 6.07 Å². The number of aromatic nitrogens is 1. The molecule has 150 valence electrons. The highest BCUT2D eigenvalue weighted by atomic mass is 32.1. The summed E-state index contributed by atoms with van der Waals surface area (Å²) in [7, 11) is 0. The van der Waals surface area contributed by atoms with E-state index in [9.17, 15) is 4.79 Å². The number of piperidine rings is 1. The van der Waals surface area contributed by atoms with E-state index in [1.807, 2.05) is 23.5 Å². The van der Waals surface area contributed by atoms with Gasteiger partial charge in [0.1, 0.15) is 5.69 Å². The zero-order valence-corrected chi connectivity index (χ0v) is 17.3. The van der Waals surface area contributed by atoms with Gasteiger partial charge in [-0.25, -0.2) is 0 Å². The summed E-state index contributed by atoms with van der Waals surface area (Å²) in [4.78, 5) is 21.8. The van der Waals surface area contributed by atoms with Crippen LogP contribution in [0.15, 0.2) is 36.5 Å². The first kappa shape index (κ1) is 19.6. The van der Waals surface area contributed by atoms with Crippen molar-refractivity contribution in [2.75, 3.05) is 26.2 Å². The molecule has 6 heteroatoms. The zero-order chi connectivity index (χ0) is 19.4. The van der Waals surface area contributed by atoms with Crippen molar-refractivity contribution < 1.29 is 9.53 Å². The van der Waals surface area contributed by atoms with Gasteiger partial charge < -0.3 is 10.1 Å². The molecule has 1 amide bonds. The van der Waals surface area contributed by atoms with Crippen LogP contribution in [0.5, 0.6) is 0 Å². The smallest absolute Gasteiger partial charge is 0.269 e. The fraction of sp³-hybridized carbons (Fsp3) is 0.545. The van der Waals surface area contributed by atoms with Gasteiger partial charge in [0, 0.05) is 48.7 Å². The van der Waals surface area contributed by atoms with Gasteiger partial charge in [0.15, 0.2) is 0 Å². The van der Waals surface area contributed by atoms with Gasteiger partial charge in [-0.3, -0.25) is 14.7 Å². The van der Waals surface area contributed by atoms with Gasteiger partial charge in [-0.15, -0.1) is 11.3 Å². The zero-order valence-electron chi connectivity index (χ0n) is 16.5. The Morgan fingerprint density at radius 1 is 1.32 bits per heavy atom. The fourth-order valence-corrected chi connectivity index (χ4v) is 5.32. The van der Waals surface area contributed by atoms with Crippen LogP contribution in [0.1, 0.15) is 45.9 Å². The van der Waals surface area contributed by atoms with Crippen molar-refractivity contribution >= 4 is 17.2 Å². The molecule has 0 radical (unpaired) electrons. The molecule has 2 aliphatic rings. The number of nitrogens with zero attached hydrogens (tertiary/aromatic N) is 2. The minimum absolute atomic E-state index is 0.000504. The number of likely N-dealkylation sites (tertiary alicyclic amines) is 1.